The molecule has 0 radical (unpaired) electrons. The summed E-state index contributed by atoms with van der Waals surface area (Å²) in [5.41, 5.74) is 2.29. The van der Waals surface area contributed by atoms with Gasteiger partial charge in [0.25, 0.3) is 5.92 Å². The number of nitrogens with zero attached hydrogens (tertiary/aromatic N) is 4. The Morgan fingerprint density at radius 1 is 1.54 bits per heavy atom. The summed E-state index contributed by atoms with van der Waals surface area (Å²) in [5, 5.41) is 4.44. The Balaban J connectivity index is 1.67. The van der Waals surface area contributed by atoms with Crippen LogP contribution in [0.25, 0.3) is 11.3 Å². The van der Waals surface area contributed by atoms with Gasteiger partial charge in [-0.3, -0.25) is 9.19 Å². The zero-order valence-corrected chi connectivity index (χ0v) is 16.8. The number of hydrogen-bond acceptors (Lipinski definition) is 5. The smallest absolute Gasteiger partial charge is 0.252 e. The van der Waals surface area contributed by atoms with Gasteiger partial charge in [-0.2, -0.15) is 0 Å². The van der Waals surface area contributed by atoms with Crippen LogP contribution in [-0.2, 0) is 10.8 Å². The first-order valence-corrected chi connectivity index (χ1v) is 10.6. The van der Waals surface area contributed by atoms with Crippen molar-refractivity contribution in [2.45, 2.75) is 25.7 Å². The lowest BCUT2D eigenvalue weighted by atomic mass is 10.2. The predicted molar refractivity (Wildman–Crippen MR) is 106 cm³/mol. The minimum absolute atomic E-state index is 0.0492. The van der Waals surface area contributed by atoms with Crippen molar-refractivity contribution in [3.63, 3.8) is 0 Å². The minimum atomic E-state index is -2.63. The molecule has 0 amide bonds. The molecule has 152 valence electrons. The van der Waals surface area contributed by atoms with E-state index in [0.29, 0.717) is 30.2 Å². The maximum atomic E-state index is 13.0. The van der Waals surface area contributed by atoms with Crippen molar-refractivity contribution in [2.75, 3.05) is 30.1 Å². The molecule has 1 aliphatic rings. The summed E-state index contributed by atoms with van der Waals surface area (Å²) >= 11 is 0. The molecule has 1 saturated carbocycles. The van der Waals surface area contributed by atoms with Crippen molar-refractivity contribution in [2.24, 2.45) is 5.92 Å². The van der Waals surface area contributed by atoms with Crippen molar-refractivity contribution in [3.05, 3.63) is 42.9 Å². The summed E-state index contributed by atoms with van der Waals surface area (Å²) in [6.07, 6.45) is 3.70. The third-order valence-corrected chi connectivity index (χ3v) is 6.16. The summed E-state index contributed by atoms with van der Waals surface area (Å²) in [4.78, 5) is 12.8. The van der Waals surface area contributed by atoms with Gasteiger partial charge in [0.2, 0.25) is 0 Å². The number of pyridine rings is 1. The largest absolute Gasteiger partial charge is 0.398 e. The van der Waals surface area contributed by atoms with E-state index in [2.05, 4.69) is 16.7 Å². The van der Waals surface area contributed by atoms with Crippen LogP contribution in [0.5, 0.6) is 0 Å². The summed E-state index contributed by atoms with van der Waals surface area (Å²) in [5.74, 6) is -2.32. The topological polar surface area (TPSA) is 60.2 Å². The molecule has 6 nitrogen and oxygen atoms in total. The second-order valence-corrected chi connectivity index (χ2v) is 8.34. The van der Waals surface area contributed by atoms with Gasteiger partial charge < -0.3 is 9.74 Å². The van der Waals surface area contributed by atoms with E-state index in [1.54, 1.807) is 12.4 Å². The third-order valence-electron chi connectivity index (χ3n) is 4.73. The zero-order chi connectivity index (χ0) is 20.3. The Bertz CT molecular complexity index is 857. The Morgan fingerprint density at radius 3 is 2.86 bits per heavy atom. The summed E-state index contributed by atoms with van der Waals surface area (Å²) in [6, 6.07) is 5.61. The van der Waals surface area contributed by atoms with Gasteiger partial charge >= 0.3 is 0 Å². The molecule has 3 rings (SSSR count). The van der Waals surface area contributed by atoms with Gasteiger partial charge in [-0.15, -0.1) is 5.10 Å². The van der Waals surface area contributed by atoms with E-state index < -0.39 is 22.6 Å². The van der Waals surface area contributed by atoms with Crippen LogP contribution in [0.1, 0.15) is 19.8 Å². The molecule has 0 N–H and O–H groups in total. The fourth-order valence-electron chi connectivity index (χ4n) is 3.00. The summed E-state index contributed by atoms with van der Waals surface area (Å²) in [7, 11) is 0.228. The predicted octanol–water partition coefficient (Wildman–Crippen LogP) is 3.14. The highest BCUT2D eigenvalue weighted by Gasteiger charge is 2.57. The van der Waals surface area contributed by atoms with Crippen LogP contribution in [0.15, 0.2) is 42.9 Å². The van der Waals surface area contributed by atoms with Gasteiger partial charge in [-0.1, -0.05) is 11.4 Å². The fraction of sp³-hybridized carbons (Fsp3) is 0.474. The van der Waals surface area contributed by atoms with Gasteiger partial charge in [0.15, 0.2) is 5.82 Å². The fourth-order valence-corrected chi connectivity index (χ4v) is 4.44. The van der Waals surface area contributed by atoms with Gasteiger partial charge in [-0.05, 0) is 25.5 Å². The van der Waals surface area contributed by atoms with Crippen LogP contribution in [0, 0.1) is 5.92 Å². The van der Waals surface area contributed by atoms with Crippen molar-refractivity contribution in [1.82, 2.24) is 14.9 Å². The van der Waals surface area contributed by atoms with E-state index in [0.717, 1.165) is 11.3 Å². The first-order chi connectivity index (χ1) is 13.4. The molecular weight excluding hydrogens is 386 g/mol. The first kappa shape index (κ1) is 20.4. The molecule has 0 bridgehead atoms. The van der Waals surface area contributed by atoms with E-state index >= 15 is 0 Å². The number of alkyl halides is 2. The highest BCUT2D eigenvalue weighted by molar-refractivity contribution is 7.85. The average Bonchev–Trinajstić information content (AvgIpc) is 3.08. The van der Waals surface area contributed by atoms with Gasteiger partial charge in [0, 0.05) is 70.9 Å². The van der Waals surface area contributed by atoms with Crippen LogP contribution in [0.3, 0.4) is 0 Å². The lowest BCUT2D eigenvalue weighted by molar-refractivity contribution is 0.103. The van der Waals surface area contributed by atoms with E-state index in [9.17, 15) is 13.0 Å². The molecule has 0 aromatic carbocycles. The SMILES string of the molecule is C=C(CCS(=O)CC1CC1(F)F)N(CC)c1cc(-c2cccnc2)nn1OC. The molecule has 2 aromatic heterocycles. The summed E-state index contributed by atoms with van der Waals surface area (Å²) in [6.45, 7) is 6.66. The Kier molecular flexibility index (Phi) is 6.12. The molecule has 9 heteroatoms. The Labute approximate surface area is 165 Å². The molecular formula is C19H24F2N4O2S. The van der Waals surface area contributed by atoms with Crippen LogP contribution in [0.4, 0.5) is 14.6 Å². The third kappa shape index (κ3) is 4.57. The number of aromatic nitrogens is 3. The second kappa shape index (κ2) is 8.38. The zero-order valence-electron chi connectivity index (χ0n) is 16.0. The van der Waals surface area contributed by atoms with Crippen LogP contribution in [0.2, 0.25) is 0 Å². The first-order valence-electron chi connectivity index (χ1n) is 9.08. The van der Waals surface area contributed by atoms with Crippen LogP contribution >= 0.6 is 0 Å². The number of allylic oxidation sites excluding steroid dienone is 1. The summed E-state index contributed by atoms with van der Waals surface area (Å²) < 4.78 is 38.1. The number of rotatable bonds is 10. The average molecular weight is 410 g/mol. The lowest BCUT2D eigenvalue weighted by Gasteiger charge is -2.24. The van der Waals surface area contributed by atoms with E-state index in [1.165, 1.54) is 12.0 Å². The molecule has 28 heavy (non-hydrogen) atoms. The van der Waals surface area contributed by atoms with Gasteiger partial charge in [0.1, 0.15) is 7.11 Å². The number of anilines is 1. The van der Waals surface area contributed by atoms with E-state index in [4.69, 9.17) is 4.84 Å². The highest BCUT2D eigenvalue weighted by atomic mass is 32.2. The molecule has 0 spiro atoms. The quantitative estimate of drug-likeness (QED) is 0.602. The van der Waals surface area contributed by atoms with Crippen molar-refractivity contribution in [3.8, 4) is 11.3 Å². The number of halogens is 2. The molecule has 0 aliphatic heterocycles. The van der Waals surface area contributed by atoms with Crippen molar-refractivity contribution in [1.29, 1.82) is 0 Å². The number of hydrogen-bond donors (Lipinski definition) is 0. The maximum Gasteiger partial charge on any atom is 0.252 e. The second-order valence-electron chi connectivity index (χ2n) is 6.72. The van der Waals surface area contributed by atoms with E-state index in [-0.39, 0.29) is 12.2 Å². The van der Waals surface area contributed by atoms with Crippen molar-refractivity contribution < 1.29 is 17.8 Å². The minimum Gasteiger partial charge on any atom is -0.398 e. The van der Waals surface area contributed by atoms with Crippen LogP contribution < -0.4 is 9.74 Å². The maximum absolute atomic E-state index is 13.0. The van der Waals surface area contributed by atoms with E-state index in [1.807, 2.05) is 30.0 Å². The lowest BCUT2D eigenvalue weighted by Crippen LogP contribution is -2.27. The molecule has 1 aliphatic carbocycles. The van der Waals surface area contributed by atoms with Gasteiger partial charge in [0.05, 0.1) is 5.69 Å². The Hall–Kier alpha value is -2.29. The molecule has 2 aromatic rings. The molecule has 2 heterocycles. The standard InChI is InChI=1S/C19H24F2N4O2S/c1-4-24(14(2)7-9-28(26)13-16-11-19(16,20)21)18-10-17(23-25(18)27-3)15-6-5-8-22-12-15/h5-6,8,10,12,16H,2,4,7,9,11,13H2,1,3H3. The Morgan fingerprint density at radius 2 is 2.29 bits per heavy atom. The van der Waals surface area contributed by atoms with Gasteiger partial charge in [-0.25, -0.2) is 8.78 Å². The monoisotopic (exact) mass is 410 g/mol. The normalized spacial score (nSPS) is 18.5. The molecule has 1 fully saturated rings. The molecule has 0 saturated heterocycles. The highest BCUT2D eigenvalue weighted by Crippen LogP contribution is 2.48. The van der Waals surface area contributed by atoms with Crippen molar-refractivity contribution >= 4 is 16.6 Å². The van der Waals surface area contributed by atoms with Crippen LogP contribution in [-0.4, -0.2) is 50.2 Å². The molecule has 2 unspecified atom stereocenters. The molecule has 2 atom stereocenters.